The Kier molecular flexibility index (Phi) is 7.16. The lowest BCUT2D eigenvalue weighted by atomic mass is 9.95. The van der Waals surface area contributed by atoms with Crippen molar-refractivity contribution in [2.24, 2.45) is 4.99 Å². The van der Waals surface area contributed by atoms with Gasteiger partial charge in [0.15, 0.2) is 4.80 Å². The fraction of sp³-hybridized carbons (Fsp3) is 0.206. The number of nitrogens with zero attached hydrogens (tertiary/aromatic N) is 2. The van der Waals surface area contributed by atoms with Gasteiger partial charge in [-0.2, -0.15) is 0 Å². The Balaban J connectivity index is 1.63. The van der Waals surface area contributed by atoms with E-state index in [1.54, 1.807) is 25.5 Å². The van der Waals surface area contributed by atoms with Crippen LogP contribution in [-0.2, 0) is 9.53 Å². The number of carbonyl (C=O) groups is 1. The number of H-pyrrole nitrogens is 1. The fourth-order valence-corrected chi connectivity index (χ4v) is 6.73. The van der Waals surface area contributed by atoms with Gasteiger partial charge in [-0.05, 0) is 68.7 Å². The molecular weight excluding hydrogens is 546 g/mol. The standard InChI is InChI=1S/C34H31N3O4S/c1-6-41-33(39)28-21(4)35-34-37(31(28)23-13-10-14-24(17-23)40-5)32(38)27(42-34)18-26-25-16-19(2)15-20(3)29(25)36-30(26)22-11-8-7-9-12-22/h7-18,31,36H,6H2,1-5H3/b27-18+/t31-/m0/s1. The molecule has 5 aromatic rings. The topological polar surface area (TPSA) is 85.7 Å². The zero-order valence-electron chi connectivity index (χ0n) is 24.1. The molecule has 0 spiro atoms. The van der Waals surface area contributed by atoms with E-state index in [1.807, 2.05) is 48.5 Å². The third kappa shape index (κ3) is 4.67. The number of aromatic nitrogens is 2. The highest BCUT2D eigenvalue weighted by atomic mass is 32.1. The zero-order chi connectivity index (χ0) is 29.5. The van der Waals surface area contributed by atoms with Crippen LogP contribution in [0.3, 0.4) is 0 Å². The van der Waals surface area contributed by atoms with Crippen LogP contribution in [0.25, 0.3) is 28.2 Å². The molecule has 0 amide bonds. The van der Waals surface area contributed by atoms with E-state index in [0.29, 0.717) is 26.4 Å². The van der Waals surface area contributed by atoms with Gasteiger partial charge < -0.3 is 14.5 Å². The third-order valence-electron chi connectivity index (χ3n) is 7.55. The predicted molar refractivity (Wildman–Crippen MR) is 167 cm³/mol. The third-order valence-corrected chi connectivity index (χ3v) is 8.54. The van der Waals surface area contributed by atoms with Crippen LogP contribution in [-0.4, -0.2) is 29.2 Å². The van der Waals surface area contributed by atoms with Gasteiger partial charge in [-0.25, -0.2) is 9.79 Å². The largest absolute Gasteiger partial charge is 0.497 e. The van der Waals surface area contributed by atoms with Crippen LogP contribution in [0, 0.1) is 13.8 Å². The Bertz CT molecular complexity index is 2070. The maximum absolute atomic E-state index is 14.3. The molecule has 212 valence electrons. The van der Waals surface area contributed by atoms with Crippen LogP contribution in [0.4, 0.5) is 0 Å². The second-order valence-corrected chi connectivity index (χ2v) is 11.4. The Labute approximate surface area is 247 Å². The van der Waals surface area contributed by atoms with E-state index >= 15 is 0 Å². The van der Waals surface area contributed by atoms with Crippen molar-refractivity contribution < 1.29 is 14.3 Å². The molecule has 0 unspecified atom stereocenters. The first-order valence-corrected chi connectivity index (χ1v) is 14.6. The molecule has 0 saturated carbocycles. The Morgan fingerprint density at radius 3 is 2.60 bits per heavy atom. The molecule has 2 aromatic heterocycles. The summed E-state index contributed by atoms with van der Waals surface area (Å²) >= 11 is 1.32. The number of carbonyl (C=O) groups excluding carboxylic acids is 1. The highest BCUT2D eigenvalue weighted by molar-refractivity contribution is 7.07. The number of allylic oxidation sites excluding steroid dienone is 1. The molecular formula is C34H31N3O4S. The second-order valence-electron chi connectivity index (χ2n) is 10.4. The number of esters is 1. The first-order valence-electron chi connectivity index (χ1n) is 13.8. The van der Waals surface area contributed by atoms with Crippen molar-refractivity contribution in [1.82, 2.24) is 9.55 Å². The Hall–Kier alpha value is -4.69. The van der Waals surface area contributed by atoms with Crippen molar-refractivity contribution in [3.05, 3.63) is 120 Å². The highest BCUT2D eigenvalue weighted by Crippen LogP contribution is 2.34. The minimum Gasteiger partial charge on any atom is -0.497 e. The van der Waals surface area contributed by atoms with E-state index in [0.717, 1.165) is 44.4 Å². The summed E-state index contributed by atoms with van der Waals surface area (Å²) in [4.78, 5) is 36.4. The van der Waals surface area contributed by atoms with E-state index in [9.17, 15) is 9.59 Å². The molecule has 3 aromatic carbocycles. The minimum atomic E-state index is -0.710. The van der Waals surface area contributed by atoms with Crippen LogP contribution in [0.15, 0.2) is 87.8 Å². The first-order chi connectivity index (χ1) is 20.3. The number of fused-ring (bicyclic) bond motifs is 2. The van der Waals surface area contributed by atoms with Gasteiger partial charge in [0.25, 0.3) is 5.56 Å². The molecule has 0 bridgehead atoms. The quantitative estimate of drug-likeness (QED) is 0.267. The molecule has 7 nitrogen and oxygen atoms in total. The summed E-state index contributed by atoms with van der Waals surface area (Å²) < 4.78 is 13.0. The van der Waals surface area contributed by atoms with Crippen molar-refractivity contribution in [1.29, 1.82) is 0 Å². The van der Waals surface area contributed by atoms with Crippen LogP contribution in [0.1, 0.15) is 42.1 Å². The summed E-state index contributed by atoms with van der Waals surface area (Å²) in [5.41, 5.74) is 7.60. The molecule has 0 radical (unpaired) electrons. The lowest BCUT2D eigenvalue weighted by Gasteiger charge is -2.25. The molecule has 42 heavy (non-hydrogen) atoms. The molecule has 1 aliphatic heterocycles. The maximum Gasteiger partial charge on any atom is 0.338 e. The van der Waals surface area contributed by atoms with Crippen LogP contribution in [0.5, 0.6) is 5.75 Å². The summed E-state index contributed by atoms with van der Waals surface area (Å²) in [5, 5.41) is 1.05. The van der Waals surface area contributed by atoms with Crippen molar-refractivity contribution in [2.75, 3.05) is 13.7 Å². The van der Waals surface area contributed by atoms with Crippen molar-refractivity contribution in [3.63, 3.8) is 0 Å². The number of aryl methyl sites for hydroxylation is 2. The fourth-order valence-electron chi connectivity index (χ4n) is 5.70. The van der Waals surface area contributed by atoms with E-state index in [-0.39, 0.29) is 12.2 Å². The number of aromatic amines is 1. The van der Waals surface area contributed by atoms with E-state index in [1.165, 1.54) is 11.3 Å². The average molecular weight is 578 g/mol. The summed E-state index contributed by atoms with van der Waals surface area (Å²) in [6.45, 7) is 7.93. The van der Waals surface area contributed by atoms with Gasteiger partial charge in [-0.15, -0.1) is 0 Å². The summed E-state index contributed by atoms with van der Waals surface area (Å²) in [6, 6.07) is 21.1. The molecule has 1 aliphatic rings. The Morgan fingerprint density at radius 2 is 1.86 bits per heavy atom. The van der Waals surface area contributed by atoms with Gasteiger partial charge >= 0.3 is 5.97 Å². The van der Waals surface area contributed by atoms with Gasteiger partial charge in [0.05, 0.1) is 41.3 Å². The predicted octanol–water partition coefficient (Wildman–Crippen LogP) is 5.57. The number of methoxy groups -OCH3 is 1. The molecule has 8 heteroatoms. The van der Waals surface area contributed by atoms with Gasteiger partial charge in [0.2, 0.25) is 0 Å². The normalized spacial score (nSPS) is 15.1. The zero-order valence-corrected chi connectivity index (χ0v) is 25.0. The van der Waals surface area contributed by atoms with Gasteiger partial charge in [-0.3, -0.25) is 9.36 Å². The van der Waals surface area contributed by atoms with Gasteiger partial charge in [0.1, 0.15) is 5.75 Å². The number of hydrogen-bond donors (Lipinski definition) is 1. The van der Waals surface area contributed by atoms with Crippen LogP contribution < -0.4 is 19.6 Å². The first kappa shape index (κ1) is 27.5. The monoisotopic (exact) mass is 577 g/mol. The number of rotatable bonds is 6. The SMILES string of the molecule is CCOC(=O)C1=C(C)N=c2s/c(=C/c3c(-c4ccccc4)[nH]c4c(C)cc(C)cc34)c(=O)n2[C@H]1c1cccc(OC)c1. The lowest BCUT2D eigenvalue weighted by Crippen LogP contribution is -2.39. The van der Waals surface area contributed by atoms with E-state index in [4.69, 9.17) is 14.5 Å². The molecule has 0 aliphatic carbocycles. The van der Waals surface area contributed by atoms with Crippen molar-refractivity contribution in [2.45, 2.75) is 33.7 Å². The van der Waals surface area contributed by atoms with E-state index < -0.39 is 12.0 Å². The second kappa shape index (κ2) is 10.9. The van der Waals surface area contributed by atoms with Crippen molar-refractivity contribution in [3.8, 4) is 17.0 Å². The number of hydrogen-bond acceptors (Lipinski definition) is 6. The van der Waals surface area contributed by atoms with Crippen LogP contribution in [0.2, 0.25) is 0 Å². The lowest BCUT2D eigenvalue weighted by molar-refractivity contribution is -0.139. The number of thiazole rings is 1. The maximum atomic E-state index is 14.3. The van der Waals surface area contributed by atoms with Gasteiger partial charge in [-0.1, -0.05) is 65.4 Å². The Morgan fingerprint density at radius 1 is 1.07 bits per heavy atom. The summed E-state index contributed by atoms with van der Waals surface area (Å²) in [5.74, 6) is 0.138. The number of nitrogens with one attached hydrogen (secondary N) is 1. The van der Waals surface area contributed by atoms with E-state index in [2.05, 4.69) is 43.1 Å². The number of benzene rings is 3. The summed E-state index contributed by atoms with van der Waals surface area (Å²) in [6.07, 6.45) is 1.95. The minimum absolute atomic E-state index is 0.215. The molecule has 0 fully saturated rings. The number of ether oxygens (including phenoxy) is 2. The molecule has 3 heterocycles. The van der Waals surface area contributed by atoms with Crippen molar-refractivity contribution >= 4 is 34.3 Å². The smallest absolute Gasteiger partial charge is 0.338 e. The average Bonchev–Trinajstić information content (AvgIpc) is 3.50. The highest BCUT2D eigenvalue weighted by Gasteiger charge is 2.33. The molecule has 6 rings (SSSR count). The van der Waals surface area contributed by atoms with Crippen LogP contribution >= 0.6 is 11.3 Å². The summed E-state index contributed by atoms with van der Waals surface area (Å²) in [7, 11) is 1.59. The molecule has 0 saturated heterocycles. The van der Waals surface area contributed by atoms with Gasteiger partial charge in [0, 0.05) is 16.5 Å². The molecule has 1 N–H and O–H groups in total. The molecule has 1 atom stereocenters.